The monoisotopic (exact) mass is 274 g/mol. The van der Waals surface area contributed by atoms with Crippen LogP contribution in [-0.2, 0) is 11.3 Å². The van der Waals surface area contributed by atoms with Gasteiger partial charge in [-0.05, 0) is 35.1 Å². The van der Waals surface area contributed by atoms with Crippen LogP contribution in [0.3, 0.4) is 0 Å². The number of pyridine rings is 1. The molecule has 0 unspecified atom stereocenters. The van der Waals surface area contributed by atoms with Gasteiger partial charge < -0.3 is 5.32 Å². The Balaban J connectivity index is 1.98. The van der Waals surface area contributed by atoms with E-state index in [4.69, 9.17) is 0 Å². The van der Waals surface area contributed by atoms with Crippen LogP contribution in [0.2, 0.25) is 0 Å². The van der Waals surface area contributed by atoms with E-state index in [9.17, 15) is 4.79 Å². The molecule has 0 saturated carbocycles. The number of hydrogen-bond donors (Lipinski definition) is 1. The fourth-order valence-corrected chi connectivity index (χ4v) is 2.48. The van der Waals surface area contributed by atoms with Gasteiger partial charge in [-0.2, -0.15) is 0 Å². The second-order valence-electron chi connectivity index (χ2n) is 4.90. The molecule has 0 aliphatic carbocycles. The molecule has 2 aromatic heterocycles. The zero-order chi connectivity index (χ0) is 13.7. The molecule has 19 heavy (non-hydrogen) atoms. The lowest BCUT2D eigenvalue weighted by atomic mass is 10.1. The van der Waals surface area contributed by atoms with Crippen molar-refractivity contribution >= 4 is 17.2 Å². The Kier molecular flexibility index (Phi) is 4.68. The summed E-state index contributed by atoms with van der Waals surface area (Å²) in [6.07, 6.45) is 2.36. The molecule has 0 aromatic carbocycles. The van der Waals surface area contributed by atoms with Crippen LogP contribution in [0.1, 0.15) is 25.8 Å². The van der Waals surface area contributed by atoms with E-state index in [0.29, 0.717) is 18.9 Å². The van der Waals surface area contributed by atoms with Gasteiger partial charge in [0.05, 0.1) is 10.6 Å². The van der Waals surface area contributed by atoms with Crippen LogP contribution in [-0.4, -0.2) is 10.9 Å². The maximum atomic E-state index is 11.6. The van der Waals surface area contributed by atoms with Crippen molar-refractivity contribution in [3.05, 3.63) is 41.4 Å². The molecule has 0 aliphatic heterocycles. The van der Waals surface area contributed by atoms with Gasteiger partial charge in [0.15, 0.2) is 0 Å². The first-order chi connectivity index (χ1) is 9.15. The van der Waals surface area contributed by atoms with Gasteiger partial charge in [0.2, 0.25) is 5.91 Å². The molecule has 0 aliphatic rings. The Morgan fingerprint density at radius 3 is 2.95 bits per heavy atom. The maximum Gasteiger partial charge on any atom is 0.220 e. The zero-order valence-electron chi connectivity index (χ0n) is 11.2. The third-order valence-electron chi connectivity index (χ3n) is 2.68. The summed E-state index contributed by atoms with van der Waals surface area (Å²) in [5.74, 6) is 0.489. The summed E-state index contributed by atoms with van der Waals surface area (Å²) >= 11 is 1.67. The van der Waals surface area contributed by atoms with Crippen molar-refractivity contribution in [2.24, 2.45) is 5.92 Å². The molecule has 1 N–H and O–H groups in total. The van der Waals surface area contributed by atoms with Gasteiger partial charge in [0.25, 0.3) is 0 Å². The minimum absolute atomic E-state index is 0.101. The van der Waals surface area contributed by atoms with Crippen molar-refractivity contribution in [3.63, 3.8) is 0 Å². The van der Waals surface area contributed by atoms with Gasteiger partial charge >= 0.3 is 0 Å². The molecule has 0 saturated heterocycles. The Morgan fingerprint density at radius 2 is 2.26 bits per heavy atom. The first-order valence-electron chi connectivity index (χ1n) is 6.40. The molecule has 1 amide bonds. The van der Waals surface area contributed by atoms with E-state index in [2.05, 4.69) is 10.3 Å². The van der Waals surface area contributed by atoms with Crippen molar-refractivity contribution in [2.75, 3.05) is 0 Å². The summed E-state index contributed by atoms with van der Waals surface area (Å²) in [5.41, 5.74) is 2.04. The van der Waals surface area contributed by atoms with Gasteiger partial charge in [0.1, 0.15) is 0 Å². The summed E-state index contributed by atoms with van der Waals surface area (Å²) in [6.45, 7) is 4.65. The van der Waals surface area contributed by atoms with Crippen LogP contribution in [0.15, 0.2) is 35.8 Å². The summed E-state index contributed by atoms with van der Waals surface area (Å²) < 4.78 is 0. The molecule has 0 fully saturated rings. The minimum Gasteiger partial charge on any atom is -0.352 e. The zero-order valence-corrected chi connectivity index (χ0v) is 12.0. The predicted molar refractivity (Wildman–Crippen MR) is 78.9 cm³/mol. The quantitative estimate of drug-likeness (QED) is 0.907. The second-order valence-corrected chi connectivity index (χ2v) is 5.85. The van der Waals surface area contributed by atoms with E-state index >= 15 is 0 Å². The van der Waals surface area contributed by atoms with Crippen molar-refractivity contribution < 1.29 is 4.79 Å². The summed E-state index contributed by atoms with van der Waals surface area (Å²) in [5, 5.41) is 4.98. The lowest BCUT2D eigenvalue weighted by molar-refractivity contribution is -0.121. The fourth-order valence-electron chi connectivity index (χ4n) is 1.79. The highest BCUT2D eigenvalue weighted by Crippen LogP contribution is 2.22. The van der Waals surface area contributed by atoms with Crippen molar-refractivity contribution in [3.8, 4) is 10.6 Å². The number of nitrogens with zero attached hydrogens (tertiary/aromatic N) is 1. The predicted octanol–water partition coefficient (Wildman–Crippen LogP) is 3.47. The number of amides is 1. The first-order valence-corrected chi connectivity index (χ1v) is 7.28. The SMILES string of the molecule is CC(C)CC(=O)NCc1ccnc(-c2cccs2)c1. The van der Waals surface area contributed by atoms with E-state index in [1.165, 1.54) is 0 Å². The molecule has 4 heteroatoms. The molecule has 2 aromatic rings. The van der Waals surface area contributed by atoms with E-state index in [0.717, 1.165) is 16.1 Å². The van der Waals surface area contributed by atoms with Crippen molar-refractivity contribution in [1.82, 2.24) is 10.3 Å². The number of thiophene rings is 1. The molecule has 3 nitrogen and oxygen atoms in total. The van der Waals surface area contributed by atoms with Crippen molar-refractivity contribution in [2.45, 2.75) is 26.8 Å². The molecular formula is C15H18N2OS. The number of carbonyl (C=O) groups is 1. The molecular weight excluding hydrogens is 256 g/mol. The number of hydrogen-bond acceptors (Lipinski definition) is 3. The molecule has 0 spiro atoms. The average Bonchev–Trinajstić information content (AvgIpc) is 2.90. The molecule has 0 bridgehead atoms. The van der Waals surface area contributed by atoms with Crippen LogP contribution in [0, 0.1) is 5.92 Å². The normalized spacial score (nSPS) is 10.7. The fraction of sp³-hybridized carbons (Fsp3) is 0.333. The van der Waals surface area contributed by atoms with E-state index in [1.54, 1.807) is 17.5 Å². The van der Waals surface area contributed by atoms with Crippen LogP contribution in [0.25, 0.3) is 10.6 Å². The first kappa shape index (κ1) is 13.7. The van der Waals surface area contributed by atoms with Crippen molar-refractivity contribution in [1.29, 1.82) is 0 Å². The number of nitrogens with one attached hydrogen (secondary N) is 1. The lowest BCUT2D eigenvalue weighted by Gasteiger charge is -2.07. The van der Waals surface area contributed by atoms with E-state index < -0.39 is 0 Å². The van der Waals surface area contributed by atoms with Crippen LogP contribution < -0.4 is 5.32 Å². The van der Waals surface area contributed by atoms with E-state index in [-0.39, 0.29) is 5.91 Å². The van der Waals surface area contributed by atoms with Crippen LogP contribution in [0.5, 0.6) is 0 Å². The van der Waals surface area contributed by atoms with Gasteiger partial charge in [-0.1, -0.05) is 19.9 Å². The lowest BCUT2D eigenvalue weighted by Crippen LogP contribution is -2.23. The highest BCUT2D eigenvalue weighted by Gasteiger charge is 2.05. The van der Waals surface area contributed by atoms with Gasteiger partial charge in [-0.25, -0.2) is 0 Å². The largest absolute Gasteiger partial charge is 0.352 e. The highest BCUT2D eigenvalue weighted by atomic mass is 32.1. The molecule has 100 valence electrons. The third kappa shape index (κ3) is 4.17. The highest BCUT2D eigenvalue weighted by molar-refractivity contribution is 7.13. The van der Waals surface area contributed by atoms with E-state index in [1.807, 2.05) is 43.5 Å². The Labute approximate surface area is 117 Å². The summed E-state index contributed by atoms with van der Waals surface area (Å²) in [7, 11) is 0. The summed E-state index contributed by atoms with van der Waals surface area (Å²) in [4.78, 5) is 17.1. The molecule has 0 atom stereocenters. The Morgan fingerprint density at radius 1 is 1.42 bits per heavy atom. The summed E-state index contributed by atoms with van der Waals surface area (Å²) in [6, 6.07) is 8.03. The Hall–Kier alpha value is -1.68. The third-order valence-corrected chi connectivity index (χ3v) is 3.57. The van der Waals surface area contributed by atoms with Gasteiger partial charge in [-0.15, -0.1) is 11.3 Å². The Bertz CT molecular complexity index is 535. The molecule has 2 heterocycles. The maximum absolute atomic E-state index is 11.6. The topological polar surface area (TPSA) is 42.0 Å². The molecule has 2 rings (SSSR count). The number of carbonyl (C=O) groups excluding carboxylic acids is 1. The average molecular weight is 274 g/mol. The standard InChI is InChI=1S/C15H18N2OS/c1-11(2)8-15(18)17-10-12-5-6-16-13(9-12)14-4-3-7-19-14/h3-7,9,11H,8,10H2,1-2H3,(H,17,18). The smallest absolute Gasteiger partial charge is 0.220 e. The minimum atomic E-state index is 0.101. The van der Waals surface area contributed by atoms with Crippen LogP contribution in [0.4, 0.5) is 0 Å². The van der Waals surface area contributed by atoms with Gasteiger partial charge in [0, 0.05) is 19.2 Å². The number of aromatic nitrogens is 1. The van der Waals surface area contributed by atoms with Gasteiger partial charge in [-0.3, -0.25) is 9.78 Å². The molecule has 0 radical (unpaired) electrons. The van der Waals surface area contributed by atoms with Crippen LogP contribution >= 0.6 is 11.3 Å². The number of rotatable bonds is 5. The second kappa shape index (κ2) is 6.48.